The number of nitrogens with one attached hydrogen (secondary N) is 1. The Morgan fingerprint density at radius 2 is 1.92 bits per heavy atom. The van der Waals surface area contributed by atoms with Crippen LogP contribution in [0.1, 0.15) is 23.8 Å². The zero-order valence-corrected chi connectivity index (χ0v) is 21.7. The normalized spacial score (nSPS) is 15.0. The lowest BCUT2D eigenvalue weighted by atomic mass is 10.1. The lowest BCUT2D eigenvalue weighted by Gasteiger charge is -2.24. The Morgan fingerprint density at radius 1 is 1.10 bits per heavy atom. The molecule has 0 spiro atoms. The molecule has 0 bridgehead atoms. The molecular weight excluding hydrogens is 515 g/mol. The predicted octanol–water partition coefficient (Wildman–Crippen LogP) is 4.48. The minimum atomic E-state index is -4.88. The Balaban J connectivity index is 1.55. The number of nitrogens with zero attached hydrogens (tertiary/aromatic N) is 6. The molecule has 2 aromatic heterocycles. The standard InChI is InChI=1S/C26H28F3N7O3/c1-4-38-24(37)22-18-8-6-16-15-30-25(32-21(16)23(18)35(3)33-22)31-19-14-17(7-9-20(19)39-26(27,28)29)36-11-5-10-34(2)12-13-36/h6-9,14-15H,4-5,10-13H2,1-3H3,(H,30,31,32). The number of hydrogen-bond donors (Lipinski definition) is 1. The highest BCUT2D eigenvalue weighted by Gasteiger charge is 2.32. The molecule has 2 aromatic carbocycles. The van der Waals surface area contributed by atoms with Crippen molar-refractivity contribution in [2.24, 2.45) is 7.05 Å². The summed E-state index contributed by atoms with van der Waals surface area (Å²) >= 11 is 0. The first kappa shape index (κ1) is 26.5. The summed E-state index contributed by atoms with van der Waals surface area (Å²) in [4.78, 5) is 25.7. The van der Waals surface area contributed by atoms with Crippen molar-refractivity contribution < 1.29 is 27.4 Å². The number of hydrogen-bond acceptors (Lipinski definition) is 9. The summed E-state index contributed by atoms with van der Waals surface area (Å²) in [5.41, 5.74) is 2.03. The minimum Gasteiger partial charge on any atom is -0.461 e. The molecule has 39 heavy (non-hydrogen) atoms. The van der Waals surface area contributed by atoms with E-state index in [0.29, 0.717) is 21.8 Å². The summed E-state index contributed by atoms with van der Waals surface area (Å²) < 4.78 is 50.6. The van der Waals surface area contributed by atoms with Crippen molar-refractivity contribution in [3.63, 3.8) is 0 Å². The molecule has 1 saturated heterocycles. The number of halogens is 3. The van der Waals surface area contributed by atoms with Crippen LogP contribution in [0.15, 0.2) is 36.5 Å². The molecule has 0 aliphatic carbocycles. The van der Waals surface area contributed by atoms with Gasteiger partial charge in [0, 0.05) is 49.3 Å². The molecular formula is C26H28F3N7O3. The maximum absolute atomic E-state index is 13.2. The number of alkyl halides is 3. The fraction of sp³-hybridized carbons (Fsp3) is 0.385. The van der Waals surface area contributed by atoms with Crippen molar-refractivity contribution in [1.29, 1.82) is 0 Å². The van der Waals surface area contributed by atoms with Gasteiger partial charge in [-0.15, -0.1) is 13.2 Å². The van der Waals surface area contributed by atoms with Gasteiger partial charge in [0.15, 0.2) is 11.4 Å². The highest BCUT2D eigenvalue weighted by atomic mass is 19.4. The van der Waals surface area contributed by atoms with Gasteiger partial charge in [0.1, 0.15) is 5.52 Å². The predicted molar refractivity (Wildman–Crippen MR) is 141 cm³/mol. The van der Waals surface area contributed by atoms with E-state index in [1.807, 2.05) is 7.05 Å². The highest BCUT2D eigenvalue weighted by Crippen LogP contribution is 2.36. The summed E-state index contributed by atoms with van der Waals surface area (Å²) in [5.74, 6) is -0.890. The third kappa shape index (κ3) is 5.67. The van der Waals surface area contributed by atoms with Crippen LogP contribution in [0.3, 0.4) is 0 Å². The number of benzene rings is 2. The van der Waals surface area contributed by atoms with Gasteiger partial charge in [0.25, 0.3) is 0 Å². The second kappa shape index (κ2) is 10.6. The number of aromatic nitrogens is 4. The molecule has 1 aliphatic rings. The number of fused-ring (bicyclic) bond motifs is 3. The first-order valence-electron chi connectivity index (χ1n) is 12.5. The van der Waals surface area contributed by atoms with Crippen LogP contribution in [0.25, 0.3) is 21.8 Å². The van der Waals surface area contributed by atoms with Gasteiger partial charge in [0.05, 0.1) is 17.8 Å². The van der Waals surface area contributed by atoms with E-state index in [2.05, 4.69) is 34.9 Å². The second-order valence-corrected chi connectivity index (χ2v) is 9.28. The zero-order valence-electron chi connectivity index (χ0n) is 21.7. The van der Waals surface area contributed by atoms with Crippen molar-refractivity contribution in [1.82, 2.24) is 24.6 Å². The molecule has 10 nitrogen and oxygen atoms in total. The van der Waals surface area contributed by atoms with Crippen LogP contribution in [-0.4, -0.2) is 76.8 Å². The van der Waals surface area contributed by atoms with Crippen LogP contribution < -0.4 is 15.0 Å². The zero-order chi connectivity index (χ0) is 27.7. The van der Waals surface area contributed by atoms with E-state index < -0.39 is 18.1 Å². The van der Waals surface area contributed by atoms with Crippen LogP contribution in [0.2, 0.25) is 0 Å². The number of carbonyl (C=O) groups excluding carboxylic acids is 1. The van der Waals surface area contributed by atoms with Crippen LogP contribution in [0.5, 0.6) is 5.75 Å². The monoisotopic (exact) mass is 543 g/mol. The Morgan fingerprint density at radius 3 is 2.69 bits per heavy atom. The molecule has 0 saturated carbocycles. The molecule has 0 radical (unpaired) electrons. The summed E-state index contributed by atoms with van der Waals surface area (Å²) in [6, 6.07) is 8.02. The van der Waals surface area contributed by atoms with E-state index in [-0.39, 0.29) is 23.9 Å². The van der Waals surface area contributed by atoms with Crippen LogP contribution in [0.4, 0.5) is 30.5 Å². The largest absolute Gasteiger partial charge is 0.573 e. The fourth-order valence-electron chi connectivity index (χ4n) is 4.72. The van der Waals surface area contributed by atoms with E-state index >= 15 is 0 Å². The van der Waals surface area contributed by atoms with Gasteiger partial charge < -0.3 is 24.6 Å². The first-order chi connectivity index (χ1) is 18.6. The number of carbonyl (C=O) groups is 1. The summed E-state index contributed by atoms with van der Waals surface area (Å²) in [7, 11) is 3.72. The number of aryl methyl sites for hydroxylation is 1. The third-order valence-electron chi connectivity index (χ3n) is 6.54. The number of likely N-dealkylation sites (N-methyl/N-ethyl adjacent to an activating group) is 1. The molecule has 13 heteroatoms. The average molecular weight is 544 g/mol. The van der Waals surface area contributed by atoms with Crippen molar-refractivity contribution in [3.05, 3.63) is 42.2 Å². The van der Waals surface area contributed by atoms with Crippen molar-refractivity contribution in [3.8, 4) is 5.75 Å². The van der Waals surface area contributed by atoms with Crippen molar-refractivity contribution in [2.45, 2.75) is 19.7 Å². The SMILES string of the molecule is CCOC(=O)c1nn(C)c2c1ccc1cnc(Nc3cc(N4CCCN(C)CC4)ccc3OC(F)(F)F)nc12. The summed E-state index contributed by atoms with van der Waals surface area (Å²) in [5, 5.41) is 8.44. The lowest BCUT2D eigenvalue weighted by Crippen LogP contribution is -2.28. The van der Waals surface area contributed by atoms with Gasteiger partial charge in [-0.2, -0.15) is 5.10 Å². The molecule has 1 fully saturated rings. The number of anilines is 3. The Labute approximate surface area is 222 Å². The van der Waals surface area contributed by atoms with Crippen LogP contribution in [-0.2, 0) is 11.8 Å². The van der Waals surface area contributed by atoms with E-state index in [0.717, 1.165) is 38.3 Å². The maximum Gasteiger partial charge on any atom is 0.573 e. The van der Waals surface area contributed by atoms with E-state index in [1.54, 1.807) is 44.4 Å². The molecule has 3 heterocycles. The smallest absolute Gasteiger partial charge is 0.461 e. The summed E-state index contributed by atoms with van der Waals surface area (Å²) in [6.45, 7) is 5.21. The lowest BCUT2D eigenvalue weighted by molar-refractivity contribution is -0.274. The number of esters is 1. The van der Waals surface area contributed by atoms with Crippen molar-refractivity contribution in [2.75, 3.05) is 50.1 Å². The van der Waals surface area contributed by atoms with Gasteiger partial charge in [-0.25, -0.2) is 14.8 Å². The van der Waals surface area contributed by atoms with Gasteiger partial charge >= 0.3 is 12.3 Å². The topological polar surface area (TPSA) is 97.6 Å². The van der Waals surface area contributed by atoms with E-state index in [1.165, 1.54) is 10.7 Å². The number of ether oxygens (including phenoxy) is 2. The first-order valence-corrected chi connectivity index (χ1v) is 12.5. The highest BCUT2D eigenvalue weighted by molar-refractivity contribution is 6.10. The van der Waals surface area contributed by atoms with Crippen molar-refractivity contribution >= 4 is 45.1 Å². The molecule has 0 atom stereocenters. The maximum atomic E-state index is 13.2. The fourth-order valence-corrected chi connectivity index (χ4v) is 4.72. The van der Waals surface area contributed by atoms with Gasteiger partial charge in [0.2, 0.25) is 5.95 Å². The molecule has 0 unspecified atom stereocenters. The average Bonchev–Trinajstić information content (AvgIpc) is 3.07. The van der Waals surface area contributed by atoms with E-state index in [9.17, 15) is 18.0 Å². The summed E-state index contributed by atoms with van der Waals surface area (Å²) in [6.07, 6.45) is -2.39. The molecule has 1 aliphatic heterocycles. The quantitative estimate of drug-likeness (QED) is 0.353. The Hall–Kier alpha value is -4.13. The van der Waals surface area contributed by atoms with Gasteiger partial charge in [-0.3, -0.25) is 4.68 Å². The molecule has 1 N–H and O–H groups in total. The Bertz CT molecular complexity index is 1520. The van der Waals surface area contributed by atoms with Crippen LogP contribution in [0, 0.1) is 0 Å². The Kier molecular flexibility index (Phi) is 7.17. The van der Waals surface area contributed by atoms with Gasteiger partial charge in [-0.05, 0) is 51.2 Å². The second-order valence-electron chi connectivity index (χ2n) is 9.28. The third-order valence-corrected chi connectivity index (χ3v) is 6.54. The van der Waals surface area contributed by atoms with Crippen LogP contribution >= 0.6 is 0 Å². The molecule has 5 rings (SSSR count). The van der Waals surface area contributed by atoms with E-state index in [4.69, 9.17) is 4.74 Å². The minimum absolute atomic E-state index is 0.0636. The number of rotatable bonds is 6. The molecule has 0 amide bonds. The molecule has 206 valence electrons. The van der Waals surface area contributed by atoms with Gasteiger partial charge in [-0.1, -0.05) is 6.07 Å². The molecule has 4 aromatic rings.